The van der Waals surface area contributed by atoms with Crippen LogP contribution in [0.3, 0.4) is 0 Å². The fourth-order valence-electron chi connectivity index (χ4n) is 2.49. The zero-order valence-electron chi connectivity index (χ0n) is 13.9. The Morgan fingerprint density at radius 3 is 2.38 bits per heavy atom. The standard InChI is InChI=1S/C21H16FN3O/c22-20-7-2-1-5-16(20)13-21(26)25-18-10-8-17(9-11-18)24-19-6-3-4-15(12-19)14-23/h1-12,24H,13H2,(H,25,26). The summed E-state index contributed by atoms with van der Waals surface area (Å²) in [5, 5.41) is 14.9. The first-order valence-electron chi connectivity index (χ1n) is 8.04. The van der Waals surface area contributed by atoms with E-state index >= 15 is 0 Å². The molecule has 0 heterocycles. The molecule has 0 unspecified atom stereocenters. The first-order chi connectivity index (χ1) is 12.6. The minimum Gasteiger partial charge on any atom is -0.355 e. The average molecular weight is 345 g/mol. The van der Waals surface area contributed by atoms with Gasteiger partial charge in [-0.3, -0.25) is 4.79 Å². The number of rotatable bonds is 5. The van der Waals surface area contributed by atoms with Gasteiger partial charge in [-0.25, -0.2) is 4.39 Å². The third-order valence-corrected chi connectivity index (χ3v) is 3.76. The molecule has 0 aliphatic carbocycles. The topological polar surface area (TPSA) is 64.9 Å². The summed E-state index contributed by atoms with van der Waals surface area (Å²) in [6.45, 7) is 0. The molecule has 3 aromatic rings. The Bertz CT molecular complexity index is 961. The number of nitrogens with zero attached hydrogens (tertiary/aromatic N) is 1. The van der Waals surface area contributed by atoms with Gasteiger partial charge in [0.2, 0.25) is 5.91 Å². The van der Waals surface area contributed by atoms with Crippen molar-refractivity contribution in [1.82, 2.24) is 0 Å². The second kappa shape index (κ2) is 7.95. The van der Waals surface area contributed by atoms with Crippen molar-refractivity contribution in [2.24, 2.45) is 0 Å². The van der Waals surface area contributed by atoms with Crippen LogP contribution >= 0.6 is 0 Å². The number of carbonyl (C=O) groups excluding carboxylic acids is 1. The Balaban J connectivity index is 1.61. The van der Waals surface area contributed by atoms with Gasteiger partial charge in [-0.1, -0.05) is 24.3 Å². The third kappa shape index (κ3) is 4.46. The number of halogens is 1. The summed E-state index contributed by atoms with van der Waals surface area (Å²) in [4.78, 5) is 12.1. The number of nitrogens with one attached hydrogen (secondary N) is 2. The summed E-state index contributed by atoms with van der Waals surface area (Å²) in [5.41, 5.74) is 3.20. The largest absolute Gasteiger partial charge is 0.355 e. The molecule has 1 amide bonds. The van der Waals surface area contributed by atoms with Crippen LogP contribution in [0.1, 0.15) is 11.1 Å². The van der Waals surface area contributed by atoms with Gasteiger partial charge in [-0.15, -0.1) is 0 Å². The Morgan fingerprint density at radius 2 is 1.65 bits per heavy atom. The lowest BCUT2D eigenvalue weighted by Gasteiger charge is -2.09. The molecule has 0 aliphatic heterocycles. The highest BCUT2D eigenvalue weighted by molar-refractivity contribution is 5.92. The molecule has 26 heavy (non-hydrogen) atoms. The van der Waals surface area contributed by atoms with Crippen molar-refractivity contribution < 1.29 is 9.18 Å². The van der Waals surface area contributed by atoms with Gasteiger partial charge in [0.25, 0.3) is 0 Å². The quantitative estimate of drug-likeness (QED) is 0.709. The van der Waals surface area contributed by atoms with E-state index in [4.69, 9.17) is 5.26 Å². The number of anilines is 3. The van der Waals surface area contributed by atoms with Gasteiger partial charge in [-0.05, 0) is 54.1 Å². The van der Waals surface area contributed by atoms with E-state index in [0.717, 1.165) is 11.4 Å². The van der Waals surface area contributed by atoms with Crippen LogP contribution in [0.4, 0.5) is 21.5 Å². The highest BCUT2D eigenvalue weighted by atomic mass is 19.1. The van der Waals surface area contributed by atoms with Crippen molar-refractivity contribution in [1.29, 1.82) is 5.26 Å². The summed E-state index contributed by atoms with van der Waals surface area (Å²) in [6, 6.07) is 22.6. The second-order valence-electron chi connectivity index (χ2n) is 5.71. The van der Waals surface area contributed by atoms with Crippen LogP contribution in [0.2, 0.25) is 0 Å². The normalized spacial score (nSPS) is 10.0. The van der Waals surface area contributed by atoms with E-state index in [1.54, 1.807) is 48.5 Å². The van der Waals surface area contributed by atoms with Crippen LogP contribution in [-0.2, 0) is 11.2 Å². The molecule has 0 spiro atoms. The maximum atomic E-state index is 13.6. The van der Waals surface area contributed by atoms with E-state index in [-0.39, 0.29) is 18.1 Å². The number of hydrogen-bond donors (Lipinski definition) is 2. The van der Waals surface area contributed by atoms with Crippen molar-refractivity contribution in [3.63, 3.8) is 0 Å². The molecule has 128 valence electrons. The SMILES string of the molecule is N#Cc1cccc(Nc2ccc(NC(=O)Cc3ccccc3F)cc2)c1. The van der Waals surface area contributed by atoms with Crippen LogP contribution in [0, 0.1) is 17.1 Å². The van der Waals surface area contributed by atoms with E-state index < -0.39 is 0 Å². The van der Waals surface area contributed by atoms with E-state index in [2.05, 4.69) is 16.7 Å². The zero-order valence-corrected chi connectivity index (χ0v) is 13.9. The van der Waals surface area contributed by atoms with E-state index in [1.165, 1.54) is 6.07 Å². The fourth-order valence-corrected chi connectivity index (χ4v) is 2.49. The molecule has 3 rings (SSSR count). The second-order valence-corrected chi connectivity index (χ2v) is 5.71. The predicted octanol–water partition coefficient (Wildman–Crippen LogP) is 4.62. The molecule has 0 aromatic heterocycles. The minimum absolute atomic E-state index is 0.0202. The highest BCUT2D eigenvalue weighted by Gasteiger charge is 2.08. The van der Waals surface area contributed by atoms with Crippen molar-refractivity contribution in [3.8, 4) is 6.07 Å². The average Bonchev–Trinajstić information content (AvgIpc) is 2.65. The molecule has 0 saturated heterocycles. The Labute approximate surface area is 150 Å². The smallest absolute Gasteiger partial charge is 0.228 e. The van der Waals surface area contributed by atoms with Gasteiger partial charge in [0, 0.05) is 17.1 Å². The predicted molar refractivity (Wildman–Crippen MR) is 99.6 cm³/mol. The van der Waals surface area contributed by atoms with Crippen LogP contribution < -0.4 is 10.6 Å². The third-order valence-electron chi connectivity index (χ3n) is 3.76. The molecule has 0 radical (unpaired) electrons. The van der Waals surface area contributed by atoms with Gasteiger partial charge >= 0.3 is 0 Å². The van der Waals surface area contributed by atoms with E-state index in [0.29, 0.717) is 16.8 Å². The minimum atomic E-state index is -0.387. The molecule has 0 aliphatic rings. The zero-order chi connectivity index (χ0) is 18.4. The molecular formula is C21H16FN3O. The number of hydrogen-bond acceptors (Lipinski definition) is 3. The van der Waals surface area contributed by atoms with Gasteiger partial charge in [0.1, 0.15) is 5.82 Å². The number of nitriles is 1. The summed E-state index contributed by atoms with van der Waals surface area (Å²) in [5.74, 6) is -0.667. The summed E-state index contributed by atoms with van der Waals surface area (Å²) >= 11 is 0. The van der Waals surface area contributed by atoms with Crippen molar-refractivity contribution >= 4 is 23.0 Å². The van der Waals surface area contributed by atoms with Crippen molar-refractivity contribution in [2.45, 2.75) is 6.42 Å². The molecular weight excluding hydrogens is 329 g/mol. The van der Waals surface area contributed by atoms with Gasteiger partial charge in [0.05, 0.1) is 18.1 Å². The monoisotopic (exact) mass is 345 g/mol. The lowest BCUT2D eigenvalue weighted by molar-refractivity contribution is -0.115. The molecule has 0 saturated carbocycles. The van der Waals surface area contributed by atoms with Gasteiger partial charge in [0.15, 0.2) is 0 Å². The Kier molecular flexibility index (Phi) is 5.25. The van der Waals surface area contributed by atoms with Crippen LogP contribution in [0.5, 0.6) is 0 Å². The summed E-state index contributed by atoms with van der Waals surface area (Å²) < 4.78 is 13.6. The van der Waals surface area contributed by atoms with Gasteiger partial charge in [-0.2, -0.15) is 5.26 Å². The molecule has 2 N–H and O–H groups in total. The van der Waals surface area contributed by atoms with Gasteiger partial charge < -0.3 is 10.6 Å². The van der Waals surface area contributed by atoms with Crippen molar-refractivity contribution in [3.05, 3.63) is 89.7 Å². The molecule has 4 nitrogen and oxygen atoms in total. The summed E-state index contributed by atoms with van der Waals surface area (Å²) in [7, 11) is 0. The lowest BCUT2D eigenvalue weighted by atomic mass is 10.1. The van der Waals surface area contributed by atoms with Crippen LogP contribution in [0.25, 0.3) is 0 Å². The first kappa shape index (κ1) is 17.2. The number of amides is 1. The lowest BCUT2D eigenvalue weighted by Crippen LogP contribution is -2.15. The molecule has 0 atom stereocenters. The molecule has 3 aromatic carbocycles. The van der Waals surface area contributed by atoms with E-state index in [1.807, 2.05) is 18.2 Å². The van der Waals surface area contributed by atoms with Crippen LogP contribution in [0.15, 0.2) is 72.8 Å². The number of carbonyl (C=O) groups is 1. The molecule has 0 bridgehead atoms. The maximum absolute atomic E-state index is 13.6. The first-order valence-corrected chi connectivity index (χ1v) is 8.04. The maximum Gasteiger partial charge on any atom is 0.228 e. The molecule has 5 heteroatoms. The highest BCUT2D eigenvalue weighted by Crippen LogP contribution is 2.20. The Morgan fingerprint density at radius 1 is 0.923 bits per heavy atom. The van der Waals surface area contributed by atoms with Crippen molar-refractivity contribution in [2.75, 3.05) is 10.6 Å². The van der Waals surface area contributed by atoms with Crippen LogP contribution in [-0.4, -0.2) is 5.91 Å². The fraction of sp³-hybridized carbons (Fsp3) is 0.0476. The summed E-state index contributed by atoms with van der Waals surface area (Å²) in [6.07, 6.45) is -0.0202. The molecule has 0 fully saturated rings. The Hall–Kier alpha value is -3.65. The number of benzene rings is 3. The van der Waals surface area contributed by atoms with E-state index in [9.17, 15) is 9.18 Å².